The first-order valence-corrected chi connectivity index (χ1v) is 4.06. The van der Waals surface area contributed by atoms with E-state index in [9.17, 15) is 0 Å². The molecule has 0 fully saturated rings. The molecule has 65 valence electrons. The summed E-state index contributed by atoms with van der Waals surface area (Å²) in [6, 6.07) is 0. The van der Waals surface area contributed by atoms with Crippen LogP contribution in [0, 0.1) is 6.33 Å². The first kappa shape index (κ1) is 8.19. The van der Waals surface area contributed by atoms with E-state index in [-0.39, 0.29) is 0 Å². The van der Waals surface area contributed by atoms with Crippen LogP contribution in [0.5, 0.6) is 0 Å². The van der Waals surface area contributed by atoms with Gasteiger partial charge < -0.3 is 5.32 Å². The number of alkyl halides is 1. The number of nitrogens with zero attached hydrogens (tertiary/aromatic N) is 3. The van der Waals surface area contributed by atoms with E-state index in [0.717, 1.165) is 0 Å². The third-order valence-corrected chi connectivity index (χ3v) is 2.01. The Balaban J connectivity index is 2.35. The average Bonchev–Trinajstić information content (AvgIpc) is 2.20. The summed E-state index contributed by atoms with van der Waals surface area (Å²) in [7, 11) is 0. The van der Waals surface area contributed by atoms with Crippen LogP contribution in [-0.2, 0) is 5.00 Å². The topological polar surface area (TPSA) is 50.7 Å². The SMILES string of the molecule is ClC1(c2n[c]ncn2)C=CC=CN1. The molecule has 0 amide bonds. The lowest BCUT2D eigenvalue weighted by atomic mass is 10.2. The van der Waals surface area contributed by atoms with E-state index >= 15 is 0 Å². The highest BCUT2D eigenvalue weighted by Gasteiger charge is 2.29. The normalized spacial score (nSPS) is 25.6. The molecule has 1 N–H and O–H groups in total. The molecular formula is C8H6ClN4. The van der Waals surface area contributed by atoms with Gasteiger partial charge in [-0.05, 0) is 18.4 Å². The van der Waals surface area contributed by atoms with Crippen LogP contribution >= 0.6 is 11.6 Å². The van der Waals surface area contributed by atoms with E-state index in [1.165, 1.54) is 6.33 Å². The molecule has 1 atom stereocenters. The number of allylic oxidation sites excluding steroid dienone is 2. The molecule has 0 spiro atoms. The number of nitrogens with one attached hydrogen (secondary N) is 1. The number of rotatable bonds is 1. The fourth-order valence-corrected chi connectivity index (χ4v) is 1.22. The Kier molecular flexibility index (Phi) is 1.98. The van der Waals surface area contributed by atoms with Gasteiger partial charge in [0.2, 0.25) is 6.33 Å². The van der Waals surface area contributed by atoms with Gasteiger partial charge in [0.15, 0.2) is 10.8 Å². The minimum atomic E-state index is -0.867. The van der Waals surface area contributed by atoms with Crippen LogP contribution < -0.4 is 5.32 Å². The fraction of sp³-hybridized carbons (Fsp3) is 0.125. The van der Waals surface area contributed by atoms with E-state index in [0.29, 0.717) is 5.82 Å². The minimum Gasteiger partial charge on any atom is -0.363 e. The van der Waals surface area contributed by atoms with Gasteiger partial charge in [-0.1, -0.05) is 17.7 Å². The number of aromatic nitrogens is 3. The van der Waals surface area contributed by atoms with E-state index in [2.05, 4.69) is 26.6 Å². The molecule has 1 unspecified atom stereocenters. The maximum Gasteiger partial charge on any atom is 0.201 e. The number of hydrogen-bond acceptors (Lipinski definition) is 4. The first-order chi connectivity index (χ1) is 6.31. The lowest BCUT2D eigenvalue weighted by Gasteiger charge is -2.23. The smallest absolute Gasteiger partial charge is 0.201 e. The second-order valence-electron chi connectivity index (χ2n) is 2.48. The average molecular weight is 194 g/mol. The van der Waals surface area contributed by atoms with E-state index in [4.69, 9.17) is 11.6 Å². The minimum absolute atomic E-state index is 0.435. The molecule has 1 aromatic heterocycles. The van der Waals surface area contributed by atoms with Gasteiger partial charge in [0.25, 0.3) is 0 Å². The number of hydrogen-bond donors (Lipinski definition) is 1. The van der Waals surface area contributed by atoms with Crippen molar-refractivity contribution < 1.29 is 0 Å². The predicted octanol–water partition coefficient (Wildman–Crippen LogP) is 0.736. The van der Waals surface area contributed by atoms with Crippen molar-refractivity contribution in [2.45, 2.75) is 5.00 Å². The highest BCUT2D eigenvalue weighted by atomic mass is 35.5. The number of halogens is 1. The molecule has 0 aliphatic carbocycles. The van der Waals surface area contributed by atoms with Gasteiger partial charge in [0.05, 0.1) is 0 Å². The van der Waals surface area contributed by atoms with Crippen LogP contribution in [0.25, 0.3) is 0 Å². The lowest BCUT2D eigenvalue weighted by molar-refractivity contribution is 0.612. The summed E-state index contributed by atoms with van der Waals surface area (Å²) in [5, 5.41) is 2.94. The molecule has 5 heteroatoms. The van der Waals surface area contributed by atoms with Crippen LogP contribution in [-0.4, -0.2) is 15.0 Å². The van der Waals surface area contributed by atoms with Crippen LogP contribution in [0.3, 0.4) is 0 Å². The van der Waals surface area contributed by atoms with Gasteiger partial charge in [-0.25, -0.2) is 15.0 Å². The van der Waals surface area contributed by atoms with Crippen molar-refractivity contribution in [2.24, 2.45) is 0 Å². The van der Waals surface area contributed by atoms with Crippen molar-refractivity contribution in [2.75, 3.05) is 0 Å². The Morgan fingerprint density at radius 2 is 2.38 bits per heavy atom. The van der Waals surface area contributed by atoms with E-state index in [1.807, 2.05) is 12.2 Å². The van der Waals surface area contributed by atoms with Gasteiger partial charge in [-0.15, -0.1) is 0 Å². The Labute approximate surface area is 80.4 Å². The Morgan fingerprint density at radius 1 is 1.46 bits per heavy atom. The Morgan fingerprint density at radius 3 is 3.00 bits per heavy atom. The zero-order valence-corrected chi connectivity index (χ0v) is 7.36. The summed E-state index contributed by atoms with van der Waals surface area (Å²) in [6.45, 7) is 0. The first-order valence-electron chi connectivity index (χ1n) is 3.68. The van der Waals surface area contributed by atoms with Gasteiger partial charge >= 0.3 is 0 Å². The quantitative estimate of drug-likeness (QED) is 0.528. The molecule has 0 bridgehead atoms. The summed E-state index contributed by atoms with van der Waals surface area (Å²) in [6.07, 6.45) is 11.0. The van der Waals surface area contributed by atoms with Crippen LogP contribution in [0.15, 0.2) is 30.8 Å². The molecule has 4 nitrogen and oxygen atoms in total. The summed E-state index contributed by atoms with van der Waals surface area (Å²) in [5.74, 6) is 0.435. The van der Waals surface area contributed by atoms with Crippen molar-refractivity contribution in [3.05, 3.63) is 42.9 Å². The zero-order valence-electron chi connectivity index (χ0n) is 6.61. The number of dihydropyridines is 1. The van der Waals surface area contributed by atoms with Gasteiger partial charge in [-0.2, -0.15) is 0 Å². The predicted molar refractivity (Wildman–Crippen MR) is 47.6 cm³/mol. The molecule has 1 radical (unpaired) electrons. The Bertz CT molecular complexity index is 348. The van der Waals surface area contributed by atoms with Crippen LogP contribution in [0.2, 0.25) is 0 Å². The summed E-state index contributed by atoms with van der Waals surface area (Å²) in [5.41, 5.74) is 0. The molecule has 1 aliphatic rings. The highest BCUT2D eigenvalue weighted by Crippen LogP contribution is 2.25. The molecule has 2 rings (SSSR count). The second kappa shape index (κ2) is 3.14. The molecular weight excluding hydrogens is 188 g/mol. The van der Waals surface area contributed by atoms with Gasteiger partial charge in [0.1, 0.15) is 6.33 Å². The van der Waals surface area contributed by atoms with E-state index in [1.54, 1.807) is 12.3 Å². The molecule has 2 heterocycles. The van der Waals surface area contributed by atoms with Crippen LogP contribution in [0.4, 0.5) is 0 Å². The van der Waals surface area contributed by atoms with Crippen molar-refractivity contribution in [3.63, 3.8) is 0 Å². The highest BCUT2D eigenvalue weighted by molar-refractivity contribution is 6.24. The van der Waals surface area contributed by atoms with Crippen molar-refractivity contribution >= 4 is 11.6 Å². The molecule has 0 aromatic carbocycles. The zero-order chi connectivity index (χ0) is 9.15. The molecule has 13 heavy (non-hydrogen) atoms. The molecule has 0 saturated heterocycles. The standard InChI is InChI=1S/C8H6ClN4/c9-8(3-1-2-4-13-8)7-11-5-10-6-12-7/h1-5,13H. The molecule has 0 saturated carbocycles. The largest absolute Gasteiger partial charge is 0.363 e. The monoisotopic (exact) mass is 193 g/mol. The lowest BCUT2D eigenvalue weighted by Crippen LogP contribution is -2.34. The third-order valence-electron chi connectivity index (χ3n) is 1.60. The molecule has 1 aliphatic heterocycles. The van der Waals surface area contributed by atoms with Crippen molar-refractivity contribution in [1.82, 2.24) is 20.3 Å². The Hall–Kier alpha value is -1.42. The summed E-state index contributed by atoms with van der Waals surface area (Å²) in [4.78, 5) is 10.5. The molecule has 1 aromatic rings. The summed E-state index contributed by atoms with van der Waals surface area (Å²) < 4.78 is 0. The van der Waals surface area contributed by atoms with Crippen molar-refractivity contribution in [1.29, 1.82) is 0 Å². The maximum absolute atomic E-state index is 6.18. The van der Waals surface area contributed by atoms with Crippen molar-refractivity contribution in [3.8, 4) is 0 Å². The fourth-order valence-electron chi connectivity index (χ4n) is 0.990. The van der Waals surface area contributed by atoms with E-state index < -0.39 is 5.00 Å². The van der Waals surface area contributed by atoms with Gasteiger partial charge in [0, 0.05) is 0 Å². The summed E-state index contributed by atoms with van der Waals surface area (Å²) >= 11 is 6.18. The van der Waals surface area contributed by atoms with Crippen LogP contribution in [0.1, 0.15) is 5.82 Å². The van der Waals surface area contributed by atoms with Gasteiger partial charge in [-0.3, -0.25) is 0 Å². The third kappa shape index (κ3) is 1.53. The maximum atomic E-state index is 6.18. The second-order valence-corrected chi connectivity index (χ2v) is 3.08.